The maximum absolute atomic E-state index is 11.5. The van der Waals surface area contributed by atoms with Crippen LogP contribution in [0.4, 0.5) is 0 Å². The summed E-state index contributed by atoms with van der Waals surface area (Å²) in [5.74, 6) is -1.81. The van der Waals surface area contributed by atoms with Crippen LogP contribution in [0.25, 0.3) is 0 Å². The van der Waals surface area contributed by atoms with Gasteiger partial charge in [0.15, 0.2) is 24.4 Å². The van der Waals surface area contributed by atoms with Crippen molar-refractivity contribution in [1.29, 1.82) is 0 Å². The Morgan fingerprint density at radius 1 is 1.35 bits per heavy atom. The molecular formula is C13H18O7. The summed E-state index contributed by atoms with van der Waals surface area (Å²) in [6.07, 6.45) is -1.72. The van der Waals surface area contributed by atoms with Gasteiger partial charge in [0.1, 0.15) is 5.75 Å². The molecule has 0 aliphatic heterocycles. The fourth-order valence-electron chi connectivity index (χ4n) is 1.58. The molecule has 0 saturated heterocycles. The largest absolute Gasteiger partial charge is 0.504 e. The van der Waals surface area contributed by atoms with Crippen molar-refractivity contribution in [3.63, 3.8) is 0 Å². The van der Waals surface area contributed by atoms with E-state index in [9.17, 15) is 20.1 Å². The summed E-state index contributed by atoms with van der Waals surface area (Å²) in [6.45, 7) is 3.10. The summed E-state index contributed by atoms with van der Waals surface area (Å²) in [6, 6.07) is 1.25. The molecule has 7 nitrogen and oxygen atoms in total. The molecule has 0 radical (unpaired) electrons. The zero-order chi connectivity index (χ0) is 15.3. The van der Waals surface area contributed by atoms with Gasteiger partial charge in [-0.05, 0) is 19.9 Å². The number of carbonyl (C=O) groups is 1. The fraction of sp³-hybridized carbons (Fsp3) is 0.462. The van der Waals surface area contributed by atoms with Gasteiger partial charge in [0.05, 0.1) is 6.61 Å². The summed E-state index contributed by atoms with van der Waals surface area (Å²) in [5.41, 5.74) is 0.0667. The molecule has 7 heteroatoms. The van der Waals surface area contributed by atoms with E-state index in [1.54, 1.807) is 6.92 Å². The third-order valence-electron chi connectivity index (χ3n) is 2.65. The predicted molar refractivity (Wildman–Crippen MR) is 68.6 cm³/mol. The molecule has 0 bridgehead atoms. The number of aliphatic hydroxyl groups excluding tert-OH is 1. The molecule has 1 aromatic carbocycles. The molecule has 0 fully saturated rings. The van der Waals surface area contributed by atoms with E-state index in [-0.39, 0.29) is 30.3 Å². The van der Waals surface area contributed by atoms with E-state index >= 15 is 0 Å². The number of aliphatic hydroxyl groups is 1. The van der Waals surface area contributed by atoms with Gasteiger partial charge < -0.3 is 29.5 Å². The number of esters is 1. The third-order valence-corrected chi connectivity index (χ3v) is 2.65. The quantitative estimate of drug-likeness (QED) is 0.406. The lowest BCUT2D eigenvalue weighted by atomic mass is 10.0. The smallest absolute Gasteiger partial charge is 0.339 e. The second-order valence-corrected chi connectivity index (χ2v) is 3.99. The van der Waals surface area contributed by atoms with Crippen LogP contribution in [0.1, 0.15) is 24.2 Å². The number of ether oxygens (including phenoxy) is 3. The first-order valence-electron chi connectivity index (χ1n) is 5.95. The van der Waals surface area contributed by atoms with E-state index in [1.165, 1.54) is 20.1 Å². The summed E-state index contributed by atoms with van der Waals surface area (Å²) in [4.78, 5) is 11.5. The van der Waals surface area contributed by atoms with Crippen LogP contribution >= 0.6 is 0 Å². The SMILES string of the molecule is CCOC(=O)C(O)c1cc(OCOC)c(C)c(O)c1O. The van der Waals surface area contributed by atoms with Gasteiger partial charge >= 0.3 is 5.97 Å². The van der Waals surface area contributed by atoms with Crippen molar-refractivity contribution in [3.8, 4) is 17.2 Å². The molecule has 0 amide bonds. The van der Waals surface area contributed by atoms with E-state index in [2.05, 4.69) is 4.74 Å². The van der Waals surface area contributed by atoms with Crippen molar-refractivity contribution in [2.45, 2.75) is 20.0 Å². The van der Waals surface area contributed by atoms with Crippen molar-refractivity contribution >= 4 is 5.97 Å². The molecule has 0 aliphatic rings. The molecule has 1 aromatic rings. The Kier molecular flexibility index (Phi) is 5.60. The molecule has 0 aliphatic carbocycles. The number of benzene rings is 1. The van der Waals surface area contributed by atoms with E-state index < -0.39 is 23.6 Å². The van der Waals surface area contributed by atoms with Gasteiger partial charge in [-0.15, -0.1) is 0 Å². The lowest BCUT2D eigenvalue weighted by Crippen LogP contribution is -2.16. The Morgan fingerprint density at radius 2 is 2.00 bits per heavy atom. The van der Waals surface area contributed by atoms with E-state index in [0.29, 0.717) is 0 Å². The monoisotopic (exact) mass is 286 g/mol. The third kappa shape index (κ3) is 3.31. The van der Waals surface area contributed by atoms with Gasteiger partial charge in [0.25, 0.3) is 0 Å². The standard InChI is InChI=1S/C13H18O7/c1-4-19-13(17)12(16)8-5-9(20-6-18-3)7(2)10(14)11(8)15/h5,12,14-16H,4,6H2,1-3H3. The Labute approximate surface area is 116 Å². The maximum atomic E-state index is 11.5. The molecule has 0 aromatic heterocycles. The van der Waals surface area contributed by atoms with Crippen molar-refractivity contribution in [3.05, 3.63) is 17.2 Å². The van der Waals surface area contributed by atoms with Crippen LogP contribution < -0.4 is 4.74 Å². The Morgan fingerprint density at radius 3 is 2.55 bits per heavy atom. The van der Waals surface area contributed by atoms with Gasteiger partial charge in [-0.2, -0.15) is 0 Å². The Bertz CT molecular complexity index is 484. The van der Waals surface area contributed by atoms with Crippen molar-refractivity contribution in [1.82, 2.24) is 0 Å². The number of phenols is 2. The molecule has 0 spiro atoms. The lowest BCUT2D eigenvalue weighted by molar-refractivity contribution is -0.153. The van der Waals surface area contributed by atoms with Crippen LogP contribution in [0, 0.1) is 6.92 Å². The van der Waals surface area contributed by atoms with Gasteiger partial charge in [-0.3, -0.25) is 0 Å². The van der Waals surface area contributed by atoms with E-state index in [0.717, 1.165) is 0 Å². The average molecular weight is 286 g/mol. The zero-order valence-corrected chi connectivity index (χ0v) is 11.5. The molecule has 0 heterocycles. The second kappa shape index (κ2) is 6.97. The lowest BCUT2D eigenvalue weighted by Gasteiger charge is -2.16. The maximum Gasteiger partial charge on any atom is 0.339 e. The summed E-state index contributed by atoms with van der Waals surface area (Å²) in [7, 11) is 1.42. The van der Waals surface area contributed by atoms with Crippen molar-refractivity contribution in [2.24, 2.45) is 0 Å². The summed E-state index contributed by atoms with van der Waals surface area (Å²) < 4.78 is 14.6. The summed E-state index contributed by atoms with van der Waals surface area (Å²) >= 11 is 0. The second-order valence-electron chi connectivity index (χ2n) is 3.99. The number of rotatable bonds is 6. The molecule has 3 N–H and O–H groups in total. The van der Waals surface area contributed by atoms with Crippen LogP contribution in [-0.4, -0.2) is 41.8 Å². The zero-order valence-electron chi connectivity index (χ0n) is 11.5. The molecule has 0 saturated carbocycles. The van der Waals surface area contributed by atoms with Gasteiger partial charge in [-0.1, -0.05) is 0 Å². The molecule has 1 rings (SSSR count). The van der Waals surface area contributed by atoms with Gasteiger partial charge in [0.2, 0.25) is 0 Å². The van der Waals surface area contributed by atoms with Gasteiger partial charge in [-0.25, -0.2) is 4.79 Å². The molecule has 1 atom stereocenters. The Balaban J connectivity index is 3.18. The first-order chi connectivity index (χ1) is 9.43. The number of phenolic OH excluding ortho intramolecular Hbond substituents is 2. The summed E-state index contributed by atoms with van der Waals surface area (Å²) in [5, 5.41) is 29.4. The van der Waals surface area contributed by atoms with Crippen LogP contribution in [0.3, 0.4) is 0 Å². The minimum absolute atomic E-state index is 0.0833. The van der Waals surface area contributed by atoms with Crippen molar-refractivity contribution in [2.75, 3.05) is 20.5 Å². The number of carbonyl (C=O) groups excluding carboxylic acids is 1. The van der Waals surface area contributed by atoms with Crippen molar-refractivity contribution < 1.29 is 34.3 Å². The highest BCUT2D eigenvalue weighted by Crippen LogP contribution is 2.41. The average Bonchev–Trinajstić information content (AvgIpc) is 2.43. The van der Waals surface area contributed by atoms with Crippen LogP contribution in [0.2, 0.25) is 0 Å². The highest BCUT2D eigenvalue weighted by Gasteiger charge is 2.26. The highest BCUT2D eigenvalue weighted by molar-refractivity contribution is 5.78. The van der Waals surface area contributed by atoms with Crippen LogP contribution in [-0.2, 0) is 14.3 Å². The molecule has 20 heavy (non-hydrogen) atoms. The Hall–Kier alpha value is -1.99. The van der Waals surface area contributed by atoms with Gasteiger partial charge in [0, 0.05) is 18.2 Å². The number of hydrogen-bond donors (Lipinski definition) is 3. The van der Waals surface area contributed by atoms with Crippen LogP contribution in [0.5, 0.6) is 17.2 Å². The number of methoxy groups -OCH3 is 1. The number of hydrogen-bond acceptors (Lipinski definition) is 7. The molecular weight excluding hydrogens is 268 g/mol. The minimum Gasteiger partial charge on any atom is -0.504 e. The topological polar surface area (TPSA) is 105 Å². The predicted octanol–water partition coefficient (Wildman–Crippen LogP) is 0.985. The first-order valence-corrected chi connectivity index (χ1v) is 5.95. The number of aromatic hydroxyl groups is 2. The van der Waals surface area contributed by atoms with E-state index in [1.807, 2.05) is 0 Å². The first kappa shape index (κ1) is 16.1. The molecule has 112 valence electrons. The minimum atomic E-state index is -1.72. The highest BCUT2D eigenvalue weighted by atomic mass is 16.7. The fourth-order valence-corrected chi connectivity index (χ4v) is 1.58. The molecule has 1 unspecified atom stereocenters. The van der Waals surface area contributed by atoms with Crippen LogP contribution in [0.15, 0.2) is 6.07 Å². The normalized spacial score (nSPS) is 12.0. The van der Waals surface area contributed by atoms with E-state index in [4.69, 9.17) is 9.47 Å².